The van der Waals surface area contributed by atoms with Gasteiger partial charge in [-0.15, -0.1) is 0 Å². The van der Waals surface area contributed by atoms with Crippen LogP contribution in [0.3, 0.4) is 0 Å². The Hall–Kier alpha value is -3.89. The first-order valence-electron chi connectivity index (χ1n) is 10.5. The van der Waals surface area contributed by atoms with E-state index in [4.69, 9.17) is 4.98 Å². The third-order valence-corrected chi connectivity index (χ3v) is 6.40. The van der Waals surface area contributed by atoms with E-state index in [0.717, 1.165) is 22.3 Å². The predicted molar refractivity (Wildman–Crippen MR) is 129 cm³/mol. The van der Waals surface area contributed by atoms with Gasteiger partial charge in [-0.05, 0) is 46.7 Å². The van der Waals surface area contributed by atoms with Crippen LogP contribution in [0, 0.1) is 11.3 Å². The first kappa shape index (κ1) is 20.0. The van der Waals surface area contributed by atoms with Crippen molar-refractivity contribution in [2.24, 2.45) is 0 Å². The lowest BCUT2D eigenvalue weighted by atomic mass is 10.0. The Morgan fingerprint density at radius 2 is 1.84 bits per heavy atom. The smallest absolute Gasteiger partial charge is 0.322 e. The molecule has 7 heteroatoms. The molecule has 0 bridgehead atoms. The van der Waals surface area contributed by atoms with Crippen molar-refractivity contribution in [1.29, 1.82) is 5.26 Å². The summed E-state index contributed by atoms with van der Waals surface area (Å²) in [6.07, 6.45) is 0. The average Bonchev–Trinajstić information content (AvgIpc) is 3.38. The van der Waals surface area contributed by atoms with Crippen LogP contribution in [0.4, 0.5) is 16.3 Å². The minimum atomic E-state index is -0.182. The second-order valence-corrected chi connectivity index (χ2v) is 8.40. The summed E-state index contributed by atoms with van der Waals surface area (Å²) in [5.74, 6) is 0.926. The summed E-state index contributed by atoms with van der Waals surface area (Å²) in [4.78, 5) is 21.7. The molecule has 2 aromatic carbocycles. The van der Waals surface area contributed by atoms with Crippen LogP contribution in [0.25, 0.3) is 22.0 Å². The van der Waals surface area contributed by atoms with Crippen molar-refractivity contribution < 1.29 is 4.79 Å². The molecule has 0 aliphatic carbocycles. The van der Waals surface area contributed by atoms with Gasteiger partial charge in [0.05, 0.1) is 16.8 Å². The number of hydrogen-bond donors (Lipinski definition) is 1. The minimum absolute atomic E-state index is 0.182. The molecule has 0 unspecified atom stereocenters. The number of aromatic nitrogens is 1. The fraction of sp³-hybridized carbons (Fsp3) is 0.160. The van der Waals surface area contributed by atoms with Crippen LogP contribution in [0.1, 0.15) is 5.56 Å². The molecule has 1 fully saturated rings. The standard InChI is InChI=1S/C25H21N5OS/c26-16-19-4-1-2-7-22(19)27-25(31)30-13-11-29(12-14-30)23-9-8-18-5-3-6-21(24(18)28-23)20-10-15-32-17-20/h1-10,15,17H,11-14H2,(H,27,31). The molecule has 1 N–H and O–H groups in total. The van der Waals surface area contributed by atoms with E-state index in [1.165, 1.54) is 5.56 Å². The Labute approximate surface area is 190 Å². The zero-order valence-corrected chi connectivity index (χ0v) is 18.2. The number of hydrogen-bond acceptors (Lipinski definition) is 5. The van der Waals surface area contributed by atoms with Gasteiger partial charge in [-0.25, -0.2) is 9.78 Å². The van der Waals surface area contributed by atoms with Crippen LogP contribution < -0.4 is 10.2 Å². The van der Waals surface area contributed by atoms with Gasteiger partial charge in [0.15, 0.2) is 0 Å². The SMILES string of the molecule is N#Cc1ccccc1NC(=O)N1CCN(c2ccc3cccc(-c4ccsc4)c3n2)CC1. The van der Waals surface area contributed by atoms with Crippen LogP contribution in [0.15, 0.2) is 71.4 Å². The van der Waals surface area contributed by atoms with Crippen molar-refractivity contribution in [2.45, 2.75) is 0 Å². The Morgan fingerprint density at radius 3 is 2.62 bits per heavy atom. The molecule has 0 radical (unpaired) electrons. The molecule has 0 atom stereocenters. The zero-order valence-electron chi connectivity index (χ0n) is 17.4. The van der Waals surface area contributed by atoms with E-state index in [2.05, 4.69) is 63.4 Å². The summed E-state index contributed by atoms with van der Waals surface area (Å²) < 4.78 is 0. The number of amides is 2. The Morgan fingerprint density at radius 1 is 1.00 bits per heavy atom. The van der Waals surface area contributed by atoms with Gasteiger partial charge in [0.2, 0.25) is 0 Å². The van der Waals surface area contributed by atoms with Crippen LogP contribution in [0.2, 0.25) is 0 Å². The number of urea groups is 1. The maximum Gasteiger partial charge on any atom is 0.322 e. The third-order valence-electron chi connectivity index (χ3n) is 5.72. The molecule has 4 aromatic rings. The summed E-state index contributed by atoms with van der Waals surface area (Å²) in [6, 6.07) is 21.5. The lowest BCUT2D eigenvalue weighted by molar-refractivity contribution is 0.208. The topological polar surface area (TPSA) is 72.3 Å². The van der Waals surface area contributed by atoms with Gasteiger partial charge in [0.25, 0.3) is 0 Å². The van der Waals surface area contributed by atoms with E-state index in [9.17, 15) is 10.1 Å². The second-order valence-electron chi connectivity index (χ2n) is 7.62. The molecule has 2 aromatic heterocycles. The van der Waals surface area contributed by atoms with Crippen LogP contribution in [0.5, 0.6) is 0 Å². The van der Waals surface area contributed by atoms with E-state index in [-0.39, 0.29) is 6.03 Å². The number of carbonyl (C=O) groups excluding carboxylic acids is 1. The number of thiophene rings is 1. The van der Waals surface area contributed by atoms with E-state index in [1.807, 2.05) is 6.07 Å². The number of para-hydroxylation sites is 2. The largest absolute Gasteiger partial charge is 0.353 e. The Kier molecular flexibility index (Phi) is 5.44. The van der Waals surface area contributed by atoms with E-state index >= 15 is 0 Å². The monoisotopic (exact) mass is 439 g/mol. The van der Waals surface area contributed by atoms with Crippen molar-refractivity contribution >= 4 is 39.8 Å². The van der Waals surface area contributed by atoms with Crippen molar-refractivity contribution in [3.63, 3.8) is 0 Å². The number of nitrogens with one attached hydrogen (secondary N) is 1. The second kappa shape index (κ2) is 8.69. The number of fused-ring (bicyclic) bond motifs is 1. The number of piperazine rings is 1. The highest BCUT2D eigenvalue weighted by Gasteiger charge is 2.23. The van der Waals surface area contributed by atoms with Gasteiger partial charge < -0.3 is 15.1 Å². The molecular formula is C25H21N5OS. The van der Waals surface area contributed by atoms with Gasteiger partial charge in [-0.3, -0.25) is 0 Å². The van der Waals surface area contributed by atoms with E-state index < -0.39 is 0 Å². The zero-order chi connectivity index (χ0) is 21.9. The summed E-state index contributed by atoms with van der Waals surface area (Å²) in [7, 11) is 0. The van der Waals surface area contributed by atoms with Crippen molar-refractivity contribution in [3.8, 4) is 17.2 Å². The summed E-state index contributed by atoms with van der Waals surface area (Å²) >= 11 is 1.68. The van der Waals surface area contributed by atoms with Gasteiger partial charge in [0, 0.05) is 37.1 Å². The van der Waals surface area contributed by atoms with Crippen LogP contribution in [-0.4, -0.2) is 42.1 Å². The van der Waals surface area contributed by atoms with Gasteiger partial charge >= 0.3 is 6.03 Å². The molecule has 5 rings (SSSR count). The number of anilines is 2. The first-order chi connectivity index (χ1) is 15.7. The number of nitrogens with zero attached hydrogens (tertiary/aromatic N) is 4. The number of benzene rings is 2. The normalized spacial score (nSPS) is 13.7. The molecule has 158 valence electrons. The summed E-state index contributed by atoms with van der Waals surface area (Å²) in [5, 5.41) is 17.4. The molecular weight excluding hydrogens is 418 g/mol. The number of carbonyl (C=O) groups is 1. The van der Waals surface area contributed by atoms with Gasteiger partial charge in [-0.1, -0.05) is 30.3 Å². The minimum Gasteiger partial charge on any atom is -0.353 e. The molecule has 0 saturated carbocycles. The molecule has 3 heterocycles. The first-order valence-corrected chi connectivity index (χ1v) is 11.4. The van der Waals surface area contributed by atoms with Crippen LogP contribution >= 0.6 is 11.3 Å². The van der Waals surface area contributed by atoms with Crippen LogP contribution in [-0.2, 0) is 0 Å². The molecule has 32 heavy (non-hydrogen) atoms. The molecule has 2 amide bonds. The molecule has 1 aliphatic rings. The van der Waals surface area contributed by atoms with E-state index in [0.29, 0.717) is 37.4 Å². The van der Waals surface area contributed by atoms with Gasteiger partial charge in [0.1, 0.15) is 11.9 Å². The summed E-state index contributed by atoms with van der Waals surface area (Å²) in [6.45, 7) is 2.58. The molecule has 6 nitrogen and oxygen atoms in total. The average molecular weight is 440 g/mol. The van der Waals surface area contributed by atoms with Crippen molar-refractivity contribution in [1.82, 2.24) is 9.88 Å². The number of nitriles is 1. The van der Waals surface area contributed by atoms with Gasteiger partial charge in [-0.2, -0.15) is 16.6 Å². The fourth-order valence-corrected chi connectivity index (χ4v) is 4.64. The highest BCUT2D eigenvalue weighted by Crippen LogP contribution is 2.30. The maximum atomic E-state index is 12.7. The molecule has 1 aliphatic heterocycles. The molecule has 1 saturated heterocycles. The maximum absolute atomic E-state index is 12.7. The fourth-order valence-electron chi connectivity index (χ4n) is 3.99. The summed E-state index contributed by atoms with van der Waals surface area (Å²) in [5.41, 5.74) is 4.32. The number of rotatable bonds is 3. The lowest BCUT2D eigenvalue weighted by Gasteiger charge is -2.35. The molecule has 0 spiro atoms. The van der Waals surface area contributed by atoms with Crippen molar-refractivity contribution in [2.75, 3.05) is 36.4 Å². The highest BCUT2D eigenvalue weighted by atomic mass is 32.1. The van der Waals surface area contributed by atoms with Crippen molar-refractivity contribution in [3.05, 3.63) is 77.0 Å². The Bertz CT molecular complexity index is 1300. The Balaban J connectivity index is 1.30. The highest BCUT2D eigenvalue weighted by molar-refractivity contribution is 7.08. The lowest BCUT2D eigenvalue weighted by Crippen LogP contribution is -2.50. The predicted octanol–water partition coefficient (Wildman–Crippen LogP) is 5.19. The third kappa shape index (κ3) is 3.88. The van der Waals surface area contributed by atoms with E-state index in [1.54, 1.807) is 34.4 Å². The quantitative estimate of drug-likeness (QED) is 0.477. The number of pyridine rings is 1.